The van der Waals surface area contributed by atoms with Gasteiger partial charge < -0.3 is 19.2 Å². The van der Waals surface area contributed by atoms with Crippen LogP contribution in [-0.4, -0.2) is 46.5 Å². The van der Waals surface area contributed by atoms with Crippen LogP contribution in [-0.2, 0) is 0 Å². The third kappa shape index (κ3) is 3.40. The van der Waals surface area contributed by atoms with E-state index < -0.39 is 0 Å². The van der Waals surface area contributed by atoms with Crippen LogP contribution in [0.1, 0.15) is 64.8 Å². The summed E-state index contributed by atoms with van der Waals surface area (Å²) in [6.45, 7) is 2.09. The molecule has 1 spiro atoms. The molecule has 2 aliphatic carbocycles. The summed E-state index contributed by atoms with van der Waals surface area (Å²) >= 11 is 0. The monoisotopic (exact) mass is 420 g/mol. The Kier molecular flexibility index (Phi) is 4.16. The van der Waals surface area contributed by atoms with E-state index in [4.69, 9.17) is 8.94 Å². The lowest BCUT2D eigenvalue weighted by molar-refractivity contribution is 0.0658. The van der Waals surface area contributed by atoms with Crippen LogP contribution in [0.3, 0.4) is 0 Å². The Labute approximate surface area is 179 Å². The SMILES string of the molecule is O=C(NCC1CC12CCN(C(=O)c1cc(C3CC3)on1)CC2)c1cc2ccncc2o1. The second kappa shape index (κ2) is 6.93. The third-order valence-electron chi connectivity index (χ3n) is 7.19. The molecule has 2 amide bonds. The standard InChI is InChI=1S/C23H24N4O4/c28-21(19-9-15-3-6-24-13-20(15)30-19)25-12-16-11-23(16)4-7-27(8-5-23)22(29)17-10-18(31-26-17)14-1-2-14/h3,6,9-10,13-14,16H,1-2,4-5,7-8,11-12H2,(H,25,28). The largest absolute Gasteiger partial charge is 0.449 e. The smallest absolute Gasteiger partial charge is 0.287 e. The first-order valence-corrected chi connectivity index (χ1v) is 11.0. The molecule has 1 N–H and O–H groups in total. The number of carbonyl (C=O) groups is 2. The van der Waals surface area contributed by atoms with Gasteiger partial charge in [-0.2, -0.15) is 0 Å². The minimum Gasteiger partial charge on any atom is -0.449 e. The van der Waals surface area contributed by atoms with Gasteiger partial charge in [0.05, 0.1) is 6.20 Å². The first-order valence-electron chi connectivity index (χ1n) is 11.0. The summed E-state index contributed by atoms with van der Waals surface area (Å²) in [7, 11) is 0. The maximum atomic E-state index is 12.7. The Morgan fingerprint density at radius 2 is 2.06 bits per heavy atom. The highest BCUT2D eigenvalue weighted by atomic mass is 16.5. The molecule has 8 nitrogen and oxygen atoms in total. The Bertz CT molecular complexity index is 1120. The molecule has 160 valence electrons. The number of hydrogen-bond acceptors (Lipinski definition) is 6. The summed E-state index contributed by atoms with van der Waals surface area (Å²) in [5.74, 6) is 1.84. The summed E-state index contributed by atoms with van der Waals surface area (Å²) in [4.78, 5) is 31.1. The number of nitrogens with one attached hydrogen (secondary N) is 1. The van der Waals surface area contributed by atoms with Gasteiger partial charge in [0.1, 0.15) is 5.76 Å². The first-order chi connectivity index (χ1) is 15.1. The molecule has 1 atom stereocenters. The maximum absolute atomic E-state index is 12.7. The van der Waals surface area contributed by atoms with Crippen molar-refractivity contribution in [3.05, 3.63) is 47.8 Å². The third-order valence-corrected chi connectivity index (χ3v) is 7.19. The Balaban J connectivity index is 1.01. The number of pyridine rings is 1. The molecule has 3 fully saturated rings. The van der Waals surface area contributed by atoms with Gasteiger partial charge in [0.25, 0.3) is 11.8 Å². The number of furan rings is 1. The molecule has 3 aliphatic rings. The molecule has 0 bridgehead atoms. The number of fused-ring (bicyclic) bond motifs is 1. The van der Waals surface area contributed by atoms with Crippen LogP contribution in [0.5, 0.6) is 0 Å². The van der Waals surface area contributed by atoms with E-state index in [0.717, 1.165) is 56.3 Å². The van der Waals surface area contributed by atoms with Gasteiger partial charge in [-0.3, -0.25) is 14.6 Å². The predicted octanol–water partition coefficient (Wildman–Crippen LogP) is 3.37. The topological polar surface area (TPSA) is 101 Å². The second-order valence-corrected chi connectivity index (χ2v) is 9.18. The van der Waals surface area contributed by atoms with Crippen LogP contribution in [0.25, 0.3) is 11.0 Å². The first kappa shape index (κ1) is 18.6. The lowest BCUT2D eigenvalue weighted by Crippen LogP contribution is -2.40. The molecule has 1 unspecified atom stereocenters. The molecule has 0 aromatic carbocycles. The van der Waals surface area contributed by atoms with Crippen molar-refractivity contribution < 1.29 is 18.5 Å². The summed E-state index contributed by atoms with van der Waals surface area (Å²) in [6, 6.07) is 5.39. The van der Waals surface area contributed by atoms with Crippen molar-refractivity contribution in [2.24, 2.45) is 11.3 Å². The van der Waals surface area contributed by atoms with Crippen molar-refractivity contribution in [3.63, 3.8) is 0 Å². The number of likely N-dealkylation sites (tertiary alicyclic amines) is 1. The quantitative estimate of drug-likeness (QED) is 0.679. The van der Waals surface area contributed by atoms with E-state index in [0.29, 0.717) is 35.4 Å². The van der Waals surface area contributed by atoms with Gasteiger partial charge in [0.2, 0.25) is 0 Å². The van der Waals surface area contributed by atoms with E-state index >= 15 is 0 Å². The van der Waals surface area contributed by atoms with E-state index in [1.807, 2.05) is 17.0 Å². The number of hydrogen-bond donors (Lipinski definition) is 1. The van der Waals surface area contributed by atoms with E-state index in [1.165, 1.54) is 0 Å². The van der Waals surface area contributed by atoms with Crippen LogP contribution < -0.4 is 5.32 Å². The predicted molar refractivity (Wildman–Crippen MR) is 110 cm³/mol. The number of aromatic nitrogens is 2. The highest BCUT2D eigenvalue weighted by Gasteiger charge is 2.55. The molecular formula is C23H24N4O4. The fourth-order valence-corrected chi connectivity index (χ4v) is 4.90. The van der Waals surface area contributed by atoms with Crippen LogP contribution in [0.4, 0.5) is 0 Å². The molecule has 3 aromatic rings. The molecule has 1 aliphatic heterocycles. The van der Waals surface area contributed by atoms with Crippen LogP contribution >= 0.6 is 0 Å². The van der Waals surface area contributed by atoms with E-state index in [-0.39, 0.29) is 17.2 Å². The van der Waals surface area contributed by atoms with Crippen molar-refractivity contribution in [3.8, 4) is 0 Å². The zero-order valence-corrected chi connectivity index (χ0v) is 17.2. The number of nitrogens with zero attached hydrogens (tertiary/aromatic N) is 3. The second-order valence-electron chi connectivity index (χ2n) is 9.18. The fourth-order valence-electron chi connectivity index (χ4n) is 4.90. The van der Waals surface area contributed by atoms with Crippen molar-refractivity contribution in [1.29, 1.82) is 0 Å². The van der Waals surface area contributed by atoms with Gasteiger partial charge in [-0.25, -0.2) is 0 Å². The molecule has 2 saturated carbocycles. The summed E-state index contributed by atoms with van der Waals surface area (Å²) < 4.78 is 10.9. The number of piperidine rings is 1. The molecular weight excluding hydrogens is 396 g/mol. The normalized spacial score (nSPS) is 22.1. The minimum atomic E-state index is -0.191. The van der Waals surface area contributed by atoms with Gasteiger partial charge in [-0.15, -0.1) is 0 Å². The van der Waals surface area contributed by atoms with Crippen LogP contribution in [0, 0.1) is 11.3 Å². The Morgan fingerprint density at radius 3 is 2.84 bits per heavy atom. The van der Waals surface area contributed by atoms with Crippen LogP contribution in [0.2, 0.25) is 0 Å². The van der Waals surface area contributed by atoms with Crippen molar-refractivity contribution >= 4 is 22.8 Å². The van der Waals surface area contributed by atoms with Crippen LogP contribution in [0.15, 0.2) is 39.5 Å². The lowest BCUT2D eigenvalue weighted by atomic mass is 9.90. The number of amides is 2. The zero-order chi connectivity index (χ0) is 21.0. The number of carbonyl (C=O) groups excluding carboxylic acids is 2. The van der Waals surface area contributed by atoms with Crippen molar-refractivity contribution in [2.75, 3.05) is 19.6 Å². The van der Waals surface area contributed by atoms with Gasteiger partial charge in [0, 0.05) is 43.2 Å². The van der Waals surface area contributed by atoms with Gasteiger partial charge >= 0.3 is 0 Å². The van der Waals surface area contributed by atoms with Crippen molar-refractivity contribution in [1.82, 2.24) is 20.4 Å². The molecule has 31 heavy (non-hydrogen) atoms. The minimum absolute atomic E-state index is 0.0321. The fraction of sp³-hybridized carbons (Fsp3) is 0.478. The van der Waals surface area contributed by atoms with E-state index in [1.54, 1.807) is 18.5 Å². The highest BCUT2D eigenvalue weighted by molar-refractivity contribution is 5.96. The number of rotatable bonds is 5. The summed E-state index contributed by atoms with van der Waals surface area (Å²) in [5, 5.41) is 7.87. The molecule has 8 heteroatoms. The average Bonchev–Trinajstić information content (AvgIpc) is 3.64. The summed E-state index contributed by atoms with van der Waals surface area (Å²) in [6.07, 6.45) is 8.56. The average molecular weight is 420 g/mol. The maximum Gasteiger partial charge on any atom is 0.287 e. The lowest BCUT2D eigenvalue weighted by Gasteiger charge is -2.32. The van der Waals surface area contributed by atoms with Gasteiger partial charge in [0.15, 0.2) is 17.0 Å². The molecule has 1 saturated heterocycles. The molecule has 3 aromatic heterocycles. The van der Waals surface area contributed by atoms with Gasteiger partial charge in [-0.1, -0.05) is 5.16 Å². The highest BCUT2D eigenvalue weighted by Crippen LogP contribution is 2.59. The molecule has 4 heterocycles. The van der Waals surface area contributed by atoms with E-state index in [2.05, 4.69) is 15.5 Å². The molecule has 0 radical (unpaired) electrons. The Hall–Kier alpha value is -3.16. The van der Waals surface area contributed by atoms with Crippen molar-refractivity contribution in [2.45, 2.75) is 38.0 Å². The zero-order valence-electron chi connectivity index (χ0n) is 17.2. The molecule has 6 rings (SSSR count). The van der Waals surface area contributed by atoms with Gasteiger partial charge in [-0.05, 0) is 55.6 Å². The van der Waals surface area contributed by atoms with E-state index in [9.17, 15) is 9.59 Å². The summed E-state index contributed by atoms with van der Waals surface area (Å²) in [5.41, 5.74) is 1.28. The Morgan fingerprint density at radius 1 is 1.23 bits per heavy atom.